The van der Waals surface area contributed by atoms with Crippen LogP contribution in [-0.4, -0.2) is 46.5 Å². The molecule has 3 N–H and O–H groups in total. The number of carbonyl (C=O) groups excluding carboxylic acids is 1. The maximum absolute atomic E-state index is 13.0. The molecule has 1 atom stereocenters. The predicted octanol–water partition coefficient (Wildman–Crippen LogP) is 2.73. The third kappa shape index (κ3) is 5.12. The second-order valence-corrected chi connectivity index (χ2v) is 9.27. The standard InChI is InChI=1S/C22H30N4O3S/c1-4-17(3)24-22(27)19-15-18(9-10-20(19)26-13-11-23-12-14-26)25-30(28,29)21-8-6-5-7-16(21)2/h5-10,15,17,23,25H,4,11-14H2,1-3H3,(H,24,27). The summed E-state index contributed by atoms with van der Waals surface area (Å²) in [5, 5.41) is 6.30. The molecule has 2 aromatic carbocycles. The van der Waals surface area contributed by atoms with Crippen LogP contribution in [0.1, 0.15) is 36.2 Å². The summed E-state index contributed by atoms with van der Waals surface area (Å²) in [5.41, 5.74) is 2.32. The number of anilines is 2. The van der Waals surface area contributed by atoms with E-state index in [4.69, 9.17) is 0 Å². The third-order valence-corrected chi connectivity index (χ3v) is 6.87. The maximum atomic E-state index is 13.0. The quantitative estimate of drug-likeness (QED) is 0.628. The summed E-state index contributed by atoms with van der Waals surface area (Å²) < 4.78 is 28.4. The van der Waals surface area contributed by atoms with Gasteiger partial charge in [0.25, 0.3) is 15.9 Å². The van der Waals surface area contributed by atoms with Gasteiger partial charge in [-0.3, -0.25) is 9.52 Å². The van der Waals surface area contributed by atoms with E-state index < -0.39 is 10.0 Å². The van der Waals surface area contributed by atoms with Crippen molar-refractivity contribution < 1.29 is 13.2 Å². The van der Waals surface area contributed by atoms with Crippen LogP contribution in [0.2, 0.25) is 0 Å². The normalized spacial score (nSPS) is 15.5. The highest BCUT2D eigenvalue weighted by Crippen LogP contribution is 2.27. The van der Waals surface area contributed by atoms with Crippen molar-refractivity contribution in [2.45, 2.75) is 38.1 Å². The molecule has 30 heavy (non-hydrogen) atoms. The number of carbonyl (C=O) groups is 1. The molecular formula is C22H30N4O3S. The molecule has 1 amide bonds. The molecule has 0 spiro atoms. The van der Waals surface area contributed by atoms with Crippen molar-refractivity contribution >= 4 is 27.3 Å². The molecule has 1 heterocycles. The van der Waals surface area contributed by atoms with Gasteiger partial charge in [0.2, 0.25) is 0 Å². The highest BCUT2D eigenvalue weighted by atomic mass is 32.2. The van der Waals surface area contributed by atoms with Gasteiger partial charge in [-0.15, -0.1) is 0 Å². The summed E-state index contributed by atoms with van der Waals surface area (Å²) in [6.45, 7) is 8.98. The average molecular weight is 431 g/mol. The number of aryl methyl sites for hydroxylation is 1. The van der Waals surface area contributed by atoms with Crippen molar-refractivity contribution in [1.29, 1.82) is 0 Å². The first-order chi connectivity index (χ1) is 14.3. The Morgan fingerprint density at radius 2 is 1.87 bits per heavy atom. The van der Waals surface area contributed by atoms with Crippen LogP contribution >= 0.6 is 0 Å². The van der Waals surface area contributed by atoms with Gasteiger partial charge in [-0.25, -0.2) is 8.42 Å². The number of nitrogens with one attached hydrogen (secondary N) is 3. The lowest BCUT2D eigenvalue weighted by atomic mass is 10.1. The highest BCUT2D eigenvalue weighted by Gasteiger charge is 2.22. The maximum Gasteiger partial charge on any atom is 0.262 e. The Morgan fingerprint density at radius 3 is 2.53 bits per heavy atom. The number of amides is 1. The topological polar surface area (TPSA) is 90.5 Å². The van der Waals surface area contributed by atoms with Gasteiger partial charge >= 0.3 is 0 Å². The molecule has 0 aromatic heterocycles. The van der Waals surface area contributed by atoms with E-state index in [1.807, 2.05) is 19.9 Å². The molecule has 1 fully saturated rings. The van der Waals surface area contributed by atoms with Crippen LogP contribution in [0.15, 0.2) is 47.4 Å². The number of rotatable bonds is 7. The summed E-state index contributed by atoms with van der Waals surface area (Å²) >= 11 is 0. The van der Waals surface area contributed by atoms with Gasteiger partial charge in [-0.1, -0.05) is 25.1 Å². The van der Waals surface area contributed by atoms with E-state index >= 15 is 0 Å². The summed E-state index contributed by atoms with van der Waals surface area (Å²) in [4.78, 5) is 15.4. The summed E-state index contributed by atoms with van der Waals surface area (Å²) in [5.74, 6) is -0.199. The summed E-state index contributed by atoms with van der Waals surface area (Å²) in [6.07, 6.45) is 0.814. The van der Waals surface area contributed by atoms with Crippen LogP contribution in [0.4, 0.5) is 11.4 Å². The molecule has 0 bridgehead atoms. The molecule has 0 radical (unpaired) electrons. The Morgan fingerprint density at radius 1 is 1.17 bits per heavy atom. The Balaban J connectivity index is 1.95. The van der Waals surface area contributed by atoms with Crippen molar-refractivity contribution in [2.24, 2.45) is 0 Å². The van der Waals surface area contributed by atoms with Crippen molar-refractivity contribution in [3.8, 4) is 0 Å². The number of piperazine rings is 1. The van der Waals surface area contributed by atoms with Gasteiger partial charge in [0, 0.05) is 43.6 Å². The summed E-state index contributed by atoms with van der Waals surface area (Å²) in [6, 6.07) is 12.0. The van der Waals surface area contributed by atoms with Crippen LogP contribution in [0, 0.1) is 6.92 Å². The molecule has 8 heteroatoms. The first-order valence-corrected chi connectivity index (χ1v) is 11.8. The fourth-order valence-electron chi connectivity index (χ4n) is 3.43. The third-order valence-electron chi connectivity index (χ3n) is 5.32. The van der Waals surface area contributed by atoms with Crippen molar-refractivity contribution in [1.82, 2.24) is 10.6 Å². The first kappa shape index (κ1) is 22.1. The van der Waals surface area contributed by atoms with Gasteiger partial charge in [0.05, 0.1) is 10.5 Å². The Labute approximate surface area is 178 Å². The van der Waals surface area contributed by atoms with E-state index in [1.54, 1.807) is 43.3 Å². The summed E-state index contributed by atoms with van der Waals surface area (Å²) in [7, 11) is -3.76. The minimum atomic E-state index is -3.76. The van der Waals surface area contributed by atoms with Gasteiger partial charge in [-0.2, -0.15) is 0 Å². The lowest BCUT2D eigenvalue weighted by Gasteiger charge is -2.31. The van der Waals surface area contributed by atoms with Gasteiger partial charge < -0.3 is 15.5 Å². The molecule has 1 unspecified atom stereocenters. The lowest BCUT2D eigenvalue weighted by molar-refractivity contribution is 0.0939. The Bertz CT molecular complexity index is 1000. The SMILES string of the molecule is CCC(C)NC(=O)c1cc(NS(=O)(=O)c2ccccc2C)ccc1N1CCNCC1. The minimum Gasteiger partial charge on any atom is -0.368 e. The van der Waals surface area contributed by atoms with Gasteiger partial charge in [-0.05, 0) is 50.1 Å². The average Bonchev–Trinajstić information content (AvgIpc) is 2.74. The van der Waals surface area contributed by atoms with E-state index in [9.17, 15) is 13.2 Å². The zero-order valence-electron chi connectivity index (χ0n) is 17.7. The van der Waals surface area contributed by atoms with Crippen molar-refractivity contribution in [3.05, 3.63) is 53.6 Å². The zero-order valence-corrected chi connectivity index (χ0v) is 18.6. The minimum absolute atomic E-state index is 0.0284. The molecule has 1 saturated heterocycles. The van der Waals surface area contributed by atoms with Crippen LogP contribution in [0.25, 0.3) is 0 Å². The monoisotopic (exact) mass is 430 g/mol. The van der Waals surface area contributed by atoms with Crippen molar-refractivity contribution in [2.75, 3.05) is 35.8 Å². The van der Waals surface area contributed by atoms with Gasteiger partial charge in [0.1, 0.15) is 0 Å². The highest BCUT2D eigenvalue weighted by molar-refractivity contribution is 7.92. The number of sulfonamides is 1. The second-order valence-electron chi connectivity index (χ2n) is 7.62. The van der Waals surface area contributed by atoms with Gasteiger partial charge in [0.15, 0.2) is 0 Å². The van der Waals surface area contributed by atoms with Crippen LogP contribution in [0.3, 0.4) is 0 Å². The zero-order chi connectivity index (χ0) is 21.7. The number of benzene rings is 2. The molecule has 1 aliphatic rings. The Hall–Kier alpha value is -2.58. The number of nitrogens with zero attached hydrogens (tertiary/aromatic N) is 1. The first-order valence-electron chi connectivity index (χ1n) is 10.3. The number of hydrogen-bond acceptors (Lipinski definition) is 5. The smallest absolute Gasteiger partial charge is 0.262 e. The van der Waals surface area contributed by atoms with E-state index in [0.717, 1.165) is 38.3 Å². The molecule has 7 nitrogen and oxygen atoms in total. The fourth-order valence-corrected chi connectivity index (χ4v) is 4.73. The molecule has 0 aliphatic carbocycles. The van der Waals surface area contributed by atoms with E-state index in [1.165, 1.54) is 0 Å². The second kappa shape index (κ2) is 9.49. The molecule has 0 saturated carbocycles. The van der Waals surface area contributed by atoms with Crippen LogP contribution in [0.5, 0.6) is 0 Å². The number of hydrogen-bond donors (Lipinski definition) is 3. The van der Waals surface area contributed by atoms with E-state index in [0.29, 0.717) is 16.8 Å². The van der Waals surface area contributed by atoms with Crippen LogP contribution < -0.4 is 20.3 Å². The van der Waals surface area contributed by atoms with E-state index in [2.05, 4.69) is 20.3 Å². The van der Waals surface area contributed by atoms with E-state index in [-0.39, 0.29) is 16.8 Å². The fraction of sp³-hybridized carbons (Fsp3) is 0.409. The molecular weight excluding hydrogens is 400 g/mol. The molecule has 3 rings (SSSR count). The largest absolute Gasteiger partial charge is 0.368 e. The lowest BCUT2D eigenvalue weighted by Crippen LogP contribution is -2.44. The van der Waals surface area contributed by atoms with Crippen LogP contribution in [-0.2, 0) is 10.0 Å². The Kier molecular flexibility index (Phi) is 6.99. The molecule has 2 aromatic rings. The molecule has 1 aliphatic heterocycles. The molecule has 162 valence electrons. The van der Waals surface area contributed by atoms with Crippen molar-refractivity contribution in [3.63, 3.8) is 0 Å². The predicted molar refractivity (Wildman–Crippen MR) is 121 cm³/mol.